The molecular formula is C12H14ClN3O2. The molecule has 0 unspecified atom stereocenters. The normalized spacial score (nSPS) is 10.6. The van der Waals surface area contributed by atoms with Gasteiger partial charge in [0.15, 0.2) is 5.82 Å². The highest BCUT2D eigenvalue weighted by Gasteiger charge is 2.05. The van der Waals surface area contributed by atoms with Gasteiger partial charge >= 0.3 is 0 Å². The Morgan fingerprint density at radius 2 is 2.11 bits per heavy atom. The second-order valence-corrected chi connectivity index (χ2v) is 4.04. The zero-order chi connectivity index (χ0) is 12.8. The fourth-order valence-electron chi connectivity index (χ4n) is 1.36. The van der Waals surface area contributed by atoms with E-state index in [4.69, 9.17) is 20.9 Å². The third kappa shape index (κ3) is 3.72. The molecule has 6 heteroatoms. The van der Waals surface area contributed by atoms with Crippen molar-refractivity contribution < 1.29 is 9.26 Å². The van der Waals surface area contributed by atoms with Crippen molar-refractivity contribution in [2.45, 2.75) is 20.1 Å². The van der Waals surface area contributed by atoms with E-state index < -0.39 is 0 Å². The molecule has 0 aliphatic rings. The number of aromatic nitrogens is 2. The number of anilines is 1. The van der Waals surface area contributed by atoms with Crippen molar-refractivity contribution in [1.82, 2.24) is 10.1 Å². The first-order valence-corrected chi connectivity index (χ1v) is 6.04. The zero-order valence-electron chi connectivity index (χ0n) is 10.0. The minimum absolute atomic E-state index is 0.376. The van der Waals surface area contributed by atoms with E-state index in [1.807, 2.05) is 31.2 Å². The zero-order valence-corrected chi connectivity index (χ0v) is 10.8. The van der Waals surface area contributed by atoms with Crippen molar-refractivity contribution in [3.8, 4) is 0 Å². The topological polar surface area (TPSA) is 60.2 Å². The summed E-state index contributed by atoms with van der Waals surface area (Å²) in [6.07, 6.45) is 0. The highest BCUT2D eigenvalue weighted by molar-refractivity contribution is 6.30. The van der Waals surface area contributed by atoms with Crippen molar-refractivity contribution in [3.63, 3.8) is 0 Å². The minimum Gasteiger partial charge on any atom is -0.376 e. The smallest absolute Gasteiger partial charge is 0.246 e. The van der Waals surface area contributed by atoms with Gasteiger partial charge in [0.2, 0.25) is 5.89 Å². The van der Waals surface area contributed by atoms with Crippen LogP contribution in [0.4, 0.5) is 5.69 Å². The van der Waals surface area contributed by atoms with Gasteiger partial charge in [0.1, 0.15) is 6.61 Å². The fraction of sp³-hybridized carbons (Fsp3) is 0.333. The maximum absolute atomic E-state index is 5.80. The lowest BCUT2D eigenvalue weighted by atomic mass is 10.3. The quantitative estimate of drug-likeness (QED) is 0.872. The lowest BCUT2D eigenvalue weighted by molar-refractivity contribution is 0.126. The van der Waals surface area contributed by atoms with Crippen LogP contribution >= 0.6 is 11.6 Å². The molecule has 0 bridgehead atoms. The number of nitrogens with one attached hydrogen (secondary N) is 1. The number of benzene rings is 1. The maximum Gasteiger partial charge on any atom is 0.246 e. The number of rotatable bonds is 6. The van der Waals surface area contributed by atoms with Crippen LogP contribution in [0.5, 0.6) is 0 Å². The molecule has 96 valence electrons. The summed E-state index contributed by atoms with van der Waals surface area (Å²) >= 11 is 5.80. The maximum atomic E-state index is 5.80. The molecule has 0 atom stereocenters. The van der Waals surface area contributed by atoms with Gasteiger partial charge in [-0.1, -0.05) is 16.8 Å². The van der Waals surface area contributed by atoms with E-state index in [1.165, 1.54) is 0 Å². The molecule has 0 saturated heterocycles. The average molecular weight is 268 g/mol. The molecule has 0 spiro atoms. The fourth-order valence-corrected chi connectivity index (χ4v) is 1.49. The van der Waals surface area contributed by atoms with Crippen LogP contribution in [0.25, 0.3) is 0 Å². The lowest BCUT2D eigenvalue weighted by Gasteiger charge is -2.02. The Labute approximate surface area is 110 Å². The van der Waals surface area contributed by atoms with E-state index in [0.717, 1.165) is 5.69 Å². The summed E-state index contributed by atoms with van der Waals surface area (Å²) < 4.78 is 10.3. The average Bonchev–Trinajstić information content (AvgIpc) is 2.84. The van der Waals surface area contributed by atoms with Gasteiger partial charge in [-0.15, -0.1) is 0 Å². The predicted octanol–water partition coefficient (Wildman–Crippen LogP) is 2.87. The first-order valence-electron chi connectivity index (χ1n) is 5.66. The minimum atomic E-state index is 0.376. The van der Waals surface area contributed by atoms with Crippen LogP contribution in [-0.4, -0.2) is 16.7 Å². The molecule has 0 amide bonds. The van der Waals surface area contributed by atoms with E-state index >= 15 is 0 Å². The predicted molar refractivity (Wildman–Crippen MR) is 68.4 cm³/mol. The molecule has 1 aromatic heterocycles. The molecule has 0 aliphatic heterocycles. The molecule has 18 heavy (non-hydrogen) atoms. The molecule has 2 rings (SSSR count). The summed E-state index contributed by atoms with van der Waals surface area (Å²) in [6.45, 7) is 3.40. The molecule has 1 heterocycles. The van der Waals surface area contributed by atoms with Gasteiger partial charge in [-0.3, -0.25) is 0 Å². The van der Waals surface area contributed by atoms with Gasteiger partial charge in [-0.2, -0.15) is 4.98 Å². The standard InChI is InChI=1S/C12H14ClN3O2/c1-2-17-8-11-15-12(18-16-11)7-14-10-5-3-9(13)4-6-10/h3-6,14H,2,7-8H2,1H3. The van der Waals surface area contributed by atoms with Crippen LogP contribution in [0.1, 0.15) is 18.6 Å². The largest absolute Gasteiger partial charge is 0.376 e. The Balaban J connectivity index is 1.86. The van der Waals surface area contributed by atoms with Gasteiger partial charge in [0.05, 0.1) is 6.54 Å². The summed E-state index contributed by atoms with van der Waals surface area (Å²) in [4.78, 5) is 4.19. The van der Waals surface area contributed by atoms with Crippen LogP contribution < -0.4 is 5.32 Å². The molecule has 1 aromatic carbocycles. The summed E-state index contributed by atoms with van der Waals surface area (Å²) in [7, 11) is 0. The van der Waals surface area contributed by atoms with E-state index in [2.05, 4.69) is 15.5 Å². The van der Waals surface area contributed by atoms with Crippen molar-refractivity contribution in [1.29, 1.82) is 0 Å². The van der Waals surface area contributed by atoms with Gasteiger partial charge < -0.3 is 14.6 Å². The lowest BCUT2D eigenvalue weighted by Crippen LogP contribution is -2.00. The van der Waals surface area contributed by atoms with Crippen molar-refractivity contribution in [3.05, 3.63) is 41.0 Å². The second-order valence-electron chi connectivity index (χ2n) is 3.60. The number of halogens is 1. The Morgan fingerprint density at radius 3 is 2.83 bits per heavy atom. The van der Waals surface area contributed by atoms with Crippen LogP contribution in [-0.2, 0) is 17.9 Å². The van der Waals surface area contributed by atoms with Gasteiger partial charge in [-0.25, -0.2) is 0 Å². The van der Waals surface area contributed by atoms with E-state index in [-0.39, 0.29) is 0 Å². The Morgan fingerprint density at radius 1 is 1.33 bits per heavy atom. The van der Waals surface area contributed by atoms with Crippen LogP contribution in [0.2, 0.25) is 5.02 Å². The number of ether oxygens (including phenoxy) is 1. The molecule has 0 fully saturated rings. The summed E-state index contributed by atoms with van der Waals surface area (Å²) in [5, 5.41) is 7.68. The van der Waals surface area contributed by atoms with Crippen molar-refractivity contribution in [2.75, 3.05) is 11.9 Å². The summed E-state index contributed by atoms with van der Waals surface area (Å²) in [5.41, 5.74) is 0.948. The second kappa shape index (κ2) is 6.37. The molecule has 1 N–H and O–H groups in total. The van der Waals surface area contributed by atoms with E-state index in [0.29, 0.717) is 36.5 Å². The van der Waals surface area contributed by atoms with Crippen LogP contribution in [0.15, 0.2) is 28.8 Å². The van der Waals surface area contributed by atoms with Crippen molar-refractivity contribution in [2.24, 2.45) is 0 Å². The third-order valence-electron chi connectivity index (χ3n) is 2.23. The van der Waals surface area contributed by atoms with Gasteiger partial charge in [0, 0.05) is 17.3 Å². The van der Waals surface area contributed by atoms with Crippen molar-refractivity contribution >= 4 is 17.3 Å². The third-order valence-corrected chi connectivity index (χ3v) is 2.49. The first-order chi connectivity index (χ1) is 8.78. The molecule has 0 aliphatic carbocycles. The van der Waals surface area contributed by atoms with Gasteiger partial charge in [-0.05, 0) is 31.2 Å². The van der Waals surface area contributed by atoms with E-state index in [9.17, 15) is 0 Å². The number of hydrogen-bond donors (Lipinski definition) is 1. The molecule has 5 nitrogen and oxygen atoms in total. The Hall–Kier alpha value is -1.59. The number of nitrogens with zero attached hydrogens (tertiary/aromatic N) is 2. The Bertz CT molecular complexity index is 484. The highest BCUT2D eigenvalue weighted by atomic mass is 35.5. The number of hydrogen-bond acceptors (Lipinski definition) is 5. The molecule has 0 radical (unpaired) electrons. The van der Waals surface area contributed by atoms with Crippen LogP contribution in [0, 0.1) is 0 Å². The molecule has 2 aromatic rings. The first kappa shape index (κ1) is 12.9. The summed E-state index contributed by atoms with van der Waals surface area (Å²) in [5.74, 6) is 1.09. The molecule has 0 saturated carbocycles. The monoisotopic (exact) mass is 267 g/mol. The molecular weight excluding hydrogens is 254 g/mol. The van der Waals surface area contributed by atoms with E-state index in [1.54, 1.807) is 0 Å². The SMILES string of the molecule is CCOCc1noc(CNc2ccc(Cl)cc2)n1. The Kier molecular flexibility index (Phi) is 4.55. The van der Waals surface area contributed by atoms with Gasteiger partial charge in [0.25, 0.3) is 0 Å². The van der Waals surface area contributed by atoms with Crippen LogP contribution in [0.3, 0.4) is 0 Å². The summed E-state index contributed by atoms with van der Waals surface area (Å²) in [6, 6.07) is 7.41. The highest BCUT2D eigenvalue weighted by Crippen LogP contribution is 2.14.